The molecule has 0 saturated heterocycles. The van der Waals surface area contributed by atoms with Crippen LogP contribution in [-0.2, 0) is 0 Å². The molecule has 0 amide bonds. The maximum absolute atomic E-state index is 13.7. The number of nitrogen functional groups attached to an aromatic ring is 1. The van der Waals surface area contributed by atoms with Crippen LogP contribution in [0.5, 0.6) is 0 Å². The van der Waals surface area contributed by atoms with E-state index < -0.39 is 0 Å². The van der Waals surface area contributed by atoms with Gasteiger partial charge < -0.3 is 10.6 Å². The first-order valence-corrected chi connectivity index (χ1v) is 5.50. The van der Waals surface area contributed by atoms with Gasteiger partial charge in [0.05, 0.1) is 5.69 Å². The molecular formula is C13H12ClFN2. The van der Waals surface area contributed by atoms with E-state index >= 15 is 0 Å². The fraction of sp³-hybridized carbons (Fsp3) is 0.0769. The first-order valence-electron chi connectivity index (χ1n) is 5.13. The third kappa shape index (κ3) is 2.34. The van der Waals surface area contributed by atoms with Crippen molar-refractivity contribution in [3.8, 4) is 0 Å². The van der Waals surface area contributed by atoms with E-state index in [0.717, 1.165) is 5.69 Å². The van der Waals surface area contributed by atoms with E-state index in [9.17, 15) is 4.39 Å². The van der Waals surface area contributed by atoms with Gasteiger partial charge in [0.25, 0.3) is 0 Å². The monoisotopic (exact) mass is 250 g/mol. The molecule has 0 aliphatic carbocycles. The van der Waals surface area contributed by atoms with Gasteiger partial charge in [0.2, 0.25) is 0 Å². The summed E-state index contributed by atoms with van der Waals surface area (Å²) in [6.07, 6.45) is 0. The molecule has 0 heterocycles. The lowest BCUT2D eigenvalue weighted by Crippen LogP contribution is -2.13. The number of para-hydroxylation sites is 1. The lowest BCUT2D eigenvalue weighted by molar-refractivity contribution is 0.628. The summed E-state index contributed by atoms with van der Waals surface area (Å²) >= 11 is 5.81. The number of nitrogens with two attached hydrogens (primary N) is 1. The lowest BCUT2D eigenvalue weighted by Gasteiger charge is -2.21. The lowest BCUT2D eigenvalue weighted by atomic mass is 10.2. The van der Waals surface area contributed by atoms with Crippen molar-refractivity contribution in [2.24, 2.45) is 0 Å². The number of benzene rings is 2. The number of hydrogen-bond donors (Lipinski definition) is 1. The molecule has 0 bridgehead atoms. The molecule has 0 atom stereocenters. The Morgan fingerprint density at radius 2 is 1.76 bits per heavy atom. The molecule has 2 rings (SSSR count). The normalized spacial score (nSPS) is 10.3. The minimum Gasteiger partial charge on any atom is -0.397 e. The van der Waals surface area contributed by atoms with E-state index in [0.29, 0.717) is 16.4 Å². The van der Waals surface area contributed by atoms with Crippen molar-refractivity contribution >= 4 is 28.7 Å². The Kier molecular flexibility index (Phi) is 3.20. The van der Waals surface area contributed by atoms with Crippen LogP contribution in [-0.4, -0.2) is 7.05 Å². The second-order valence-corrected chi connectivity index (χ2v) is 4.15. The average molecular weight is 251 g/mol. The second kappa shape index (κ2) is 4.63. The van der Waals surface area contributed by atoms with Crippen LogP contribution in [0.25, 0.3) is 0 Å². The van der Waals surface area contributed by atoms with Crippen LogP contribution in [0.15, 0.2) is 42.5 Å². The van der Waals surface area contributed by atoms with Gasteiger partial charge in [0.1, 0.15) is 11.5 Å². The highest BCUT2D eigenvalue weighted by Gasteiger charge is 2.12. The molecule has 2 N–H and O–H groups in total. The molecule has 0 fully saturated rings. The number of rotatable bonds is 2. The van der Waals surface area contributed by atoms with E-state index in [2.05, 4.69) is 0 Å². The summed E-state index contributed by atoms with van der Waals surface area (Å²) in [4.78, 5) is 1.70. The van der Waals surface area contributed by atoms with Gasteiger partial charge in [-0.05, 0) is 36.4 Å². The van der Waals surface area contributed by atoms with Crippen molar-refractivity contribution in [3.05, 3.63) is 53.3 Å². The molecule has 88 valence electrons. The fourth-order valence-corrected chi connectivity index (χ4v) is 1.81. The Hall–Kier alpha value is -1.74. The van der Waals surface area contributed by atoms with E-state index in [1.165, 1.54) is 6.07 Å². The first-order chi connectivity index (χ1) is 8.09. The van der Waals surface area contributed by atoms with Crippen LogP contribution in [0.2, 0.25) is 5.02 Å². The molecule has 2 nitrogen and oxygen atoms in total. The number of halogens is 2. The Labute approximate surface area is 104 Å². The Morgan fingerprint density at radius 1 is 1.12 bits per heavy atom. The van der Waals surface area contributed by atoms with Gasteiger partial charge in [-0.25, -0.2) is 4.39 Å². The van der Waals surface area contributed by atoms with Gasteiger partial charge in [0.15, 0.2) is 0 Å². The molecule has 0 aliphatic rings. The summed E-state index contributed by atoms with van der Waals surface area (Å²) < 4.78 is 13.7. The highest BCUT2D eigenvalue weighted by atomic mass is 35.5. The van der Waals surface area contributed by atoms with Gasteiger partial charge in [-0.15, -0.1) is 0 Å². The summed E-state index contributed by atoms with van der Waals surface area (Å²) in [5.74, 6) is -0.345. The number of hydrogen-bond acceptors (Lipinski definition) is 2. The van der Waals surface area contributed by atoms with Crippen molar-refractivity contribution in [2.75, 3.05) is 17.7 Å². The highest BCUT2D eigenvalue weighted by molar-refractivity contribution is 6.30. The summed E-state index contributed by atoms with van der Waals surface area (Å²) in [6, 6.07) is 11.8. The summed E-state index contributed by atoms with van der Waals surface area (Å²) in [6.45, 7) is 0. The molecular weight excluding hydrogens is 239 g/mol. The topological polar surface area (TPSA) is 29.3 Å². The van der Waals surface area contributed by atoms with E-state index in [1.807, 2.05) is 12.1 Å². The molecule has 0 aliphatic heterocycles. The summed E-state index contributed by atoms with van der Waals surface area (Å²) in [5, 5.41) is 0.642. The van der Waals surface area contributed by atoms with Crippen LogP contribution in [0.1, 0.15) is 0 Å². The van der Waals surface area contributed by atoms with Gasteiger partial charge in [0, 0.05) is 17.8 Å². The predicted octanol–water partition coefficient (Wildman–Crippen LogP) is 3.83. The fourth-order valence-electron chi connectivity index (χ4n) is 1.68. The third-order valence-corrected chi connectivity index (χ3v) is 2.82. The van der Waals surface area contributed by atoms with Crippen LogP contribution < -0.4 is 10.6 Å². The van der Waals surface area contributed by atoms with E-state index in [4.69, 9.17) is 17.3 Å². The minimum absolute atomic E-state index is 0.345. The quantitative estimate of drug-likeness (QED) is 0.821. The third-order valence-electron chi connectivity index (χ3n) is 2.57. The molecule has 17 heavy (non-hydrogen) atoms. The molecule has 0 spiro atoms. The Bertz CT molecular complexity index is 505. The Balaban J connectivity index is 2.43. The van der Waals surface area contributed by atoms with Crippen molar-refractivity contribution in [2.45, 2.75) is 0 Å². The molecule has 0 unspecified atom stereocenters. The van der Waals surface area contributed by atoms with E-state index in [-0.39, 0.29) is 5.82 Å². The second-order valence-electron chi connectivity index (χ2n) is 3.71. The molecule has 2 aromatic carbocycles. The van der Waals surface area contributed by atoms with Crippen molar-refractivity contribution < 1.29 is 4.39 Å². The number of anilines is 3. The molecule has 0 aromatic heterocycles. The SMILES string of the molecule is CN(c1ccc(Cl)cc1)c1c(N)cccc1F. The van der Waals surface area contributed by atoms with Crippen LogP contribution in [0.3, 0.4) is 0 Å². The molecule has 2 aromatic rings. The zero-order valence-electron chi connectivity index (χ0n) is 9.32. The summed E-state index contributed by atoms with van der Waals surface area (Å²) in [5.41, 5.74) is 7.38. The molecule has 0 saturated carbocycles. The zero-order chi connectivity index (χ0) is 12.4. The van der Waals surface area contributed by atoms with Crippen LogP contribution >= 0.6 is 11.6 Å². The molecule has 0 radical (unpaired) electrons. The van der Waals surface area contributed by atoms with Crippen molar-refractivity contribution in [3.63, 3.8) is 0 Å². The van der Waals surface area contributed by atoms with E-state index in [1.54, 1.807) is 36.2 Å². The molecule has 4 heteroatoms. The Morgan fingerprint density at radius 3 is 2.35 bits per heavy atom. The van der Waals surface area contributed by atoms with Gasteiger partial charge >= 0.3 is 0 Å². The van der Waals surface area contributed by atoms with Gasteiger partial charge in [-0.3, -0.25) is 0 Å². The van der Waals surface area contributed by atoms with Crippen LogP contribution in [0.4, 0.5) is 21.5 Å². The van der Waals surface area contributed by atoms with Crippen molar-refractivity contribution in [1.82, 2.24) is 0 Å². The smallest absolute Gasteiger partial charge is 0.148 e. The largest absolute Gasteiger partial charge is 0.397 e. The summed E-state index contributed by atoms with van der Waals surface area (Å²) in [7, 11) is 1.76. The maximum Gasteiger partial charge on any atom is 0.148 e. The predicted molar refractivity (Wildman–Crippen MR) is 70.3 cm³/mol. The van der Waals surface area contributed by atoms with Gasteiger partial charge in [-0.2, -0.15) is 0 Å². The minimum atomic E-state index is -0.345. The van der Waals surface area contributed by atoms with Crippen molar-refractivity contribution in [1.29, 1.82) is 0 Å². The standard InChI is InChI=1S/C13H12ClFN2/c1-17(10-7-5-9(14)6-8-10)13-11(15)3-2-4-12(13)16/h2-8H,16H2,1H3. The van der Waals surface area contributed by atoms with Gasteiger partial charge in [-0.1, -0.05) is 17.7 Å². The first kappa shape index (κ1) is 11.7. The highest BCUT2D eigenvalue weighted by Crippen LogP contribution is 2.31. The average Bonchev–Trinajstić information content (AvgIpc) is 2.29. The van der Waals surface area contributed by atoms with Crippen LogP contribution in [0, 0.1) is 5.82 Å². The maximum atomic E-state index is 13.7. The zero-order valence-corrected chi connectivity index (χ0v) is 10.1. The number of nitrogens with zero attached hydrogens (tertiary/aromatic N) is 1.